The Hall–Kier alpha value is -0.520. The molecule has 0 rings (SSSR count). The summed E-state index contributed by atoms with van der Waals surface area (Å²) in [5, 5.41) is 0. The SMILES string of the molecule is CCCCCCCCCCCC/C=C/C(C)=C\CCCCCCCCCCCCC. The van der Waals surface area contributed by atoms with E-state index in [0.717, 1.165) is 0 Å². The summed E-state index contributed by atoms with van der Waals surface area (Å²) in [5.41, 5.74) is 1.47. The van der Waals surface area contributed by atoms with Gasteiger partial charge in [-0.3, -0.25) is 0 Å². The third-order valence-electron chi connectivity index (χ3n) is 6.38. The van der Waals surface area contributed by atoms with Crippen molar-refractivity contribution in [3.63, 3.8) is 0 Å². The van der Waals surface area contributed by atoms with Crippen LogP contribution in [0.15, 0.2) is 23.8 Å². The van der Waals surface area contributed by atoms with Crippen molar-refractivity contribution in [3.05, 3.63) is 23.8 Å². The molecule has 0 bridgehead atoms. The molecule has 30 heavy (non-hydrogen) atoms. The second kappa shape index (κ2) is 26.5. The molecule has 0 saturated carbocycles. The first-order valence-corrected chi connectivity index (χ1v) is 14.1. The Morgan fingerprint density at radius 1 is 0.433 bits per heavy atom. The van der Waals surface area contributed by atoms with Crippen LogP contribution in [0.5, 0.6) is 0 Å². The molecule has 0 aliphatic carbocycles. The fraction of sp³-hybridized carbons (Fsp3) is 0.867. The zero-order valence-corrected chi connectivity index (χ0v) is 21.5. The maximum absolute atomic E-state index is 2.45. The monoisotopic (exact) mass is 418 g/mol. The molecule has 0 N–H and O–H groups in total. The standard InChI is InChI=1S/C30H58/c1-4-6-8-10-12-14-16-18-20-22-24-26-28-30(3)29-27-25-23-21-19-17-15-13-11-9-7-5-2/h26,28-29H,4-25,27H2,1-3H3/b28-26+,30-29-. The molecule has 0 aliphatic rings. The van der Waals surface area contributed by atoms with Crippen molar-refractivity contribution in [2.24, 2.45) is 0 Å². The maximum atomic E-state index is 2.45. The van der Waals surface area contributed by atoms with Gasteiger partial charge in [-0.15, -0.1) is 0 Å². The van der Waals surface area contributed by atoms with Crippen LogP contribution in [0.4, 0.5) is 0 Å². The molecular formula is C30H58. The van der Waals surface area contributed by atoms with Crippen molar-refractivity contribution in [3.8, 4) is 0 Å². The lowest BCUT2D eigenvalue weighted by atomic mass is 10.0. The number of allylic oxidation sites excluding steroid dienone is 4. The van der Waals surface area contributed by atoms with Crippen LogP contribution in [0.3, 0.4) is 0 Å². The summed E-state index contributed by atoms with van der Waals surface area (Å²) in [6.45, 7) is 6.87. The second-order valence-corrected chi connectivity index (χ2v) is 9.65. The number of unbranched alkanes of at least 4 members (excludes halogenated alkanes) is 21. The Balaban J connectivity index is 3.31. The highest BCUT2D eigenvalue weighted by molar-refractivity contribution is 5.15. The minimum Gasteiger partial charge on any atom is -0.0843 e. The smallest absolute Gasteiger partial charge is 0.0345 e. The van der Waals surface area contributed by atoms with Gasteiger partial charge < -0.3 is 0 Å². The number of rotatable bonds is 24. The van der Waals surface area contributed by atoms with Crippen LogP contribution in [-0.4, -0.2) is 0 Å². The summed E-state index contributed by atoms with van der Waals surface area (Å²) in [4.78, 5) is 0. The molecule has 0 fully saturated rings. The maximum Gasteiger partial charge on any atom is -0.0345 e. The minimum atomic E-state index is 1.26. The molecule has 0 aliphatic heterocycles. The Labute approximate surface area is 192 Å². The highest BCUT2D eigenvalue weighted by atomic mass is 14.0. The van der Waals surface area contributed by atoms with Crippen LogP contribution in [0, 0.1) is 0 Å². The summed E-state index contributed by atoms with van der Waals surface area (Å²) < 4.78 is 0. The van der Waals surface area contributed by atoms with Gasteiger partial charge in [0.1, 0.15) is 0 Å². The van der Waals surface area contributed by atoms with E-state index in [1.165, 1.54) is 153 Å². The normalized spacial score (nSPS) is 12.3. The van der Waals surface area contributed by atoms with E-state index >= 15 is 0 Å². The molecule has 0 aromatic heterocycles. The van der Waals surface area contributed by atoms with Gasteiger partial charge in [0.25, 0.3) is 0 Å². The zero-order chi connectivity index (χ0) is 22.0. The molecular weight excluding hydrogens is 360 g/mol. The Morgan fingerprint density at radius 2 is 0.767 bits per heavy atom. The van der Waals surface area contributed by atoms with Gasteiger partial charge in [0.2, 0.25) is 0 Å². The summed E-state index contributed by atoms with van der Waals surface area (Å²) in [6, 6.07) is 0. The summed E-state index contributed by atoms with van der Waals surface area (Å²) in [5.74, 6) is 0. The van der Waals surface area contributed by atoms with Crippen LogP contribution in [0.25, 0.3) is 0 Å². The van der Waals surface area contributed by atoms with Crippen molar-refractivity contribution in [2.45, 2.75) is 168 Å². The third kappa shape index (κ3) is 25.5. The quantitative estimate of drug-likeness (QED) is 0.108. The second-order valence-electron chi connectivity index (χ2n) is 9.65. The summed E-state index contributed by atoms with van der Waals surface area (Å²) >= 11 is 0. The summed E-state index contributed by atoms with van der Waals surface area (Å²) in [7, 11) is 0. The molecule has 0 heterocycles. The molecule has 0 saturated heterocycles. The van der Waals surface area contributed by atoms with Crippen LogP contribution in [-0.2, 0) is 0 Å². The van der Waals surface area contributed by atoms with Crippen molar-refractivity contribution >= 4 is 0 Å². The molecule has 0 atom stereocenters. The Morgan fingerprint density at radius 3 is 1.17 bits per heavy atom. The lowest BCUT2D eigenvalue weighted by Gasteiger charge is -2.02. The van der Waals surface area contributed by atoms with E-state index in [1.54, 1.807) is 0 Å². The topological polar surface area (TPSA) is 0 Å². The average Bonchev–Trinajstić information content (AvgIpc) is 2.75. The first kappa shape index (κ1) is 29.5. The molecule has 0 spiro atoms. The van der Waals surface area contributed by atoms with E-state index in [-0.39, 0.29) is 0 Å². The Kier molecular flexibility index (Phi) is 26.1. The Bertz CT molecular complexity index is 362. The predicted molar refractivity (Wildman–Crippen MR) is 140 cm³/mol. The largest absolute Gasteiger partial charge is 0.0843 e. The molecule has 178 valence electrons. The van der Waals surface area contributed by atoms with Gasteiger partial charge in [-0.05, 0) is 32.6 Å². The first-order valence-electron chi connectivity index (χ1n) is 14.1. The van der Waals surface area contributed by atoms with Gasteiger partial charge >= 0.3 is 0 Å². The average molecular weight is 419 g/mol. The van der Waals surface area contributed by atoms with Crippen molar-refractivity contribution < 1.29 is 0 Å². The molecule has 0 aromatic rings. The van der Waals surface area contributed by atoms with Gasteiger partial charge in [-0.2, -0.15) is 0 Å². The lowest BCUT2D eigenvalue weighted by molar-refractivity contribution is 0.550. The van der Waals surface area contributed by atoms with Crippen molar-refractivity contribution in [1.82, 2.24) is 0 Å². The van der Waals surface area contributed by atoms with Gasteiger partial charge in [-0.1, -0.05) is 160 Å². The fourth-order valence-electron chi connectivity index (χ4n) is 4.23. The zero-order valence-electron chi connectivity index (χ0n) is 21.5. The number of hydrogen-bond donors (Lipinski definition) is 0. The summed E-state index contributed by atoms with van der Waals surface area (Å²) in [6.07, 6.45) is 39.8. The molecule has 0 heteroatoms. The van der Waals surface area contributed by atoms with Gasteiger partial charge in [0, 0.05) is 0 Å². The van der Waals surface area contributed by atoms with Gasteiger partial charge in [0.05, 0.1) is 0 Å². The predicted octanol–water partition coefficient (Wildman–Crippen LogP) is 11.5. The lowest BCUT2D eigenvalue weighted by Crippen LogP contribution is -1.82. The molecule has 0 amide bonds. The fourth-order valence-corrected chi connectivity index (χ4v) is 4.23. The van der Waals surface area contributed by atoms with E-state index < -0.39 is 0 Å². The van der Waals surface area contributed by atoms with Crippen LogP contribution in [0.1, 0.15) is 168 Å². The molecule has 0 nitrogen and oxygen atoms in total. The van der Waals surface area contributed by atoms with Crippen molar-refractivity contribution in [1.29, 1.82) is 0 Å². The van der Waals surface area contributed by atoms with Crippen LogP contribution >= 0.6 is 0 Å². The van der Waals surface area contributed by atoms with E-state index in [2.05, 4.69) is 39.0 Å². The van der Waals surface area contributed by atoms with E-state index in [4.69, 9.17) is 0 Å². The van der Waals surface area contributed by atoms with Crippen LogP contribution in [0.2, 0.25) is 0 Å². The van der Waals surface area contributed by atoms with Gasteiger partial charge in [-0.25, -0.2) is 0 Å². The van der Waals surface area contributed by atoms with E-state index in [9.17, 15) is 0 Å². The minimum absolute atomic E-state index is 1.26. The van der Waals surface area contributed by atoms with Crippen molar-refractivity contribution in [2.75, 3.05) is 0 Å². The van der Waals surface area contributed by atoms with Gasteiger partial charge in [0.15, 0.2) is 0 Å². The highest BCUT2D eigenvalue weighted by Gasteiger charge is 1.94. The first-order chi connectivity index (χ1) is 14.8. The molecule has 0 aromatic carbocycles. The molecule has 0 unspecified atom stereocenters. The highest BCUT2D eigenvalue weighted by Crippen LogP contribution is 2.14. The van der Waals surface area contributed by atoms with Crippen LogP contribution < -0.4 is 0 Å². The van der Waals surface area contributed by atoms with E-state index in [0.29, 0.717) is 0 Å². The molecule has 0 radical (unpaired) electrons. The number of hydrogen-bond acceptors (Lipinski definition) is 0. The third-order valence-corrected chi connectivity index (χ3v) is 6.38. The van der Waals surface area contributed by atoms with E-state index in [1.807, 2.05) is 0 Å².